The average molecular weight is 673 g/mol. The van der Waals surface area contributed by atoms with E-state index in [2.05, 4.69) is 21.2 Å². The molecule has 0 aromatic heterocycles. The van der Waals surface area contributed by atoms with E-state index in [-0.39, 0.29) is 43.8 Å². The lowest BCUT2D eigenvalue weighted by molar-refractivity contribution is -0.141. The van der Waals surface area contributed by atoms with Gasteiger partial charge in [0.2, 0.25) is 21.8 Å². The number of amides is 2. The van der Waals surface area contributed by atoms with Crippen LogP contribution in [0.1, 0.15) is 37.8 Å². The average Bonchev–Trinajstić information content (AvgIpc) is 2.96. The van der Waals surface area contributed by atoms with Gasteiger partial charge < -0.3 is 19.7 Å². The number of ether oxygens (including phenoxy) is 2. The van der Waals surface area contributed by atoms with Gasteiger partial charge in [0.1, 0.15) is 19.3 Å². The third-order valence-electron chi connectivity index (χ3n) is 6.91. The second kappa shape index (κ2) is 14.7. The van der Waals surface area contributed by atoms with Crippen molar-refractivity contribution in [3.05, 3.63) is 88.4 Å². The molecule has 0 spiro atoms. The number of carbonyl (C=O) groups is 2. The Morgan fingerprint density at radius 3 is 2.30 bits per heavy atom. The molecule has 0 aliphatic carbocycles. The van der Waals surface area contributed by atoms with Gasteiger partial charge in [0, 0.05) is 42.5 Å². The molecule has 0 fully saturated rings. The van der Waals surface area contributed by atoms with Crippen molar-refractivity contribution in [3.63, 3.8) is 0 Å². The van der Waals surface area contributed by atoms with E-state index in [1.165, 1.54) is 4.31 Å². The Bertz CT molecular complexity index is 1520. The lowest BCUT2D eigenvalue weighted by Crippen LogP contribution is -2.51. The molecule has 43 heavy (non-hydrogen) atoms. The second-order valence-corrected chi connectivity index (χ2v) is 13.6. The van der Waals surface area contributed by atoms with Crippen LogP contribution < -0.4 is 19.1 Å². The molecule has 9 nitrogen and oxygen atoms in total. The van der Waals surface area contributed by atoms with E-state index in [1.807, 2.05) is 68.4 Å². The second-order valence-electron chi connectivity index (χ2n) is 10.8. The summed E-state index contributed by atoms with van der Waals surface area (Å²) in [6.45, 7) is 4.88. The van der Waals surface area contributed by atoms with Crippen LogP contribution in [0.4, 0.5) is 5.69 Å². The maximum atomic E-state index is 13.9. The van der Waals surface area contributed by atoms with E-state index in [4.69, 9.17) is 9.47 Å². The SMILES string of the molecule is CC(C)NC(=O)[C@@H](Cc1ccccc1)N(Cc1cccc(Br)c1)C(=O)CCCN(c1ccc2c(c1)OCCO2)S(C)(=O)=O. The molecule has 1 aliphatic rings. The Balaban J connectivity index is 1.57. The number of benzene rings is 3. The number of carbonyl (C=O) groups excluding carboxylic acids is 2. The highest BCUT2D eigenvalue weighted by molar-refractivity contribution is 9.10. The lowest BCUT2D eigenvalue weighted by atomic mass is 10.0. The first-order valence-corrected chi connectivity index (χ1v) is 16.9. The van der Waals surface area contributed by atoms with Gasteiger partial charge in [-0.15, -0.1) is 0 Å². The molecule has 0 radical (unpaired) electrons. The summed E-state index contributed by atoms with van der Waals surface area (Å²) in [5.74, 6) is 0.561. The van der Waals surface area contributed by atoms with Crippen LogP contribution in [0.25, 0.3) is 0 Å². The van der Waals surface area contributed by atoms with E-state index in [0.717, 1.165) is 21.9 Å². The number of fused-ring (bicyclic) bond motifs is 1. The highest BCUT2D eigenvalue weighted by Gasteiger charge is 2.31. The number of hydrogen-bond donors (Lipinski definition) is 1. The summed E-state index contributed by atoms with van der Waals surface area (Å²) in [7, 11) is -3.66. The van der Waals surface area contributed by atoms with Crippen molar-refractivity contribution >= 4 is 43.5 Å². The summed E-state index contributed by atoms with van der Waals surface area (Å²) in [4.78, 5) is 29.1. The summed E-state index contributed by atoms with van der Waals surface area (Å²) in [5.41, 5.74) is 2.23. The molecule has 1 heterocycles. The Kier molecular flexibility index (Phi) is 11.1. The summed E-state index contributed by atoms with van der Waals surface area (Å²) in [5, 5.41) is 2.98. The maximum Gasteiger partial charge on any atom is 0.243 e. The van der Waals surface area contributed by atoms with Crippen molar-refractivity contribution in [2.75, 3.05) is 30.3 Å². The highest BCUT2D eigenvalue weighted by atomic mass is 79.9. The van der Waals surface area contributed by atoms with Gasteiger partial charge in [0.15, 0.2) is 11.5 Å². The van der Waals surface area contributed by atoms with Gasteiger partial charge in [0.05, 0.1) is 11.9 Å². The predicted molar refractivity (Wildman–Crippen MR) is 171 cm³/mol. The zero-order valence-corrected chi connectivity index (χ0v) is 27.1. The molecule has 0 bridgehead atoms. The van der Waals surface area contributed by atoms with Crippen LogP contribution in [0.15, 0.2) is 77.3 Å². The number of nitrogens with zero attached hydrogens (tertiary/aromatic N) is 2. The molecule has 1 atom stereocenters. The fourth-order valence-electron chi connectivity index (χ4n) is 4.96. The van der Waals surface area contributed by atoms with E-state index in [0.29, 0.717) is 36.8 Å². The fraction of sp³-hybridized carbons (Fsp3) is 0.375. The van der Waals surface area contributed by atoms with Crippen molar-refractivity contribution in [2.45, 2.75) is 51.7 Å². The molecular formula is C32H38BrN3O6S. The van der Waals surface area contributed by atoms with Gasteiger partial charge in [-0.2, -0.15) is 0 Å². The topological polar surface area (TPSA) is 105 Å². The molecular weight excluding hydrogens is 634 g/mol. The molecule has 1 aliphatic heterocycles. The van der Waals surface area contributed by atoms with Gasteiger partial charge in [-0.1, -0.05) is 58.4 Å². The van der Waals surface area contributed by atoms with Crippen molar-refractivity contribution in [3.8, 4) is 11.5 Å². The first kappa shape index (κ1) is 32.3. The maximum absolute atomic E-state index is 13.9. The molecule has 1 N–H and O–H groups in total. The first-order chi connectivity index (χ1) is 20.5. The van der Waals surface area contributed by atoms with Crippen molar-refractivity contribution in [1.29, 1.82) is 0 Å². The van der Waals surface area contributed by atoms with E-state index in [1.54, 1.807) is 23.1 Å². The third kappa shape index (κ3) is 9.21. The normalized spacial score (nSPS) is 13.3. The third-order valence-corrected chi connectivity index (χ3v) is 8.60. The summed E-state index contributed by atoms with van der Waals surface area (Å²) >= 11 is 3.50. The van der Waals surface area contributed by atoms with Gasteiger partial charge in [0.25, 0.3) is 0 Å². The van der Waals surface area contributed by atoms with Crippen LogP contribution in [0.5, 0.6) is 11.5 Å². The molecule has 3 aromatic carbocycles. The van der Waals surface area contributed by atoms with Crippen molar-refractivity contribution in [2.24, 2.45) is 0 Å². The van der Waals surface area contributed by atoms with E-state index < -0.39 is 16.1 Å². The number of rotatable bonds is 13. The van der Waals surface area contributed by atoms with E-state index in [9.17, 15) is 18.0 Å². The number of halogens is 1. The monoisotopic (exact) mass is 671 g/mol. The van der Waals surface area contributed by atoms with Crippen LogP contribution in [-0.2, 0) is 32.6 Å². The Labute approximate surface area is 262 Å². The minimum absolute atomic E-state index is 0.0465. The molecule has 0 saturated heterocycles. The Morgan fingerprint density at radius 1 is 0.930 bits per heavy atom. The minimum atomic E-state index is -3.66. The molecule has 230 valence electrons. The molecule has 4 rings (SSSR count). The quantitative estimate of drug-likeness (QED) is 0.276. The predicted octanol–water partition coefficient (Wildman–Crippen LogP) is 4.93. The number of nitrogens with one attached hydrogen (secondary N) is 1. The van der Waals surface area contributed by atoms with Gasteiger partial charge in [-0.3, -0.25) is 13.9 Å². The minimum Gasteiger partial charge on any atom is -0.486 e. The van der Waals surface area contributed by atoms with Crippen LogP contribution in [0.3, 0.4) is 0 Å². The zero-order chi connectivity index (χ0) is 31.0. The highest BCUT2D eigenvalue weighted by Crippen LogP contribution is 2.35. The summed E-state index contributed by atoms with van der Waals surface area (Å²) in [6, 6.07) is 21.4. The zero-order valence-electron chi connectivity index (χ0n) is 24.7. The van der Waals surface area contributed by atoms with Crippen LogP contribution >= 0.6 is 15.9 Å². The van der Waals surface area contributed by atoms with Gasteiger partial charge >= 0.3 is 0 Å². The Morgan fingerprint density at radius 2 is 1.63 bits per heavy atom. The Hall–Kier alpha value is -3.57. The van der Waals surface area contributed by atoms with Gasteiger partial charge in [-0.25, -0.2) is 8.42 Å². The van der Waals surface area contributed by atoms with Crippen molar-refractivity contribution in [1.82, 2.24) is 10.2 Å². The smallest absolute Gasteiger partial charge is 0.243 e. The molecule has 11 heteroatoms. The van der Waals surface area contributed by atoms with Crippen molar-refractivity contribution < 1.29 is 27.5 Å². The standard InChI is InChI=1S/C32H38BrN3O6S/c1-23(2)34-32(38)28(20-24-9-5-4-6-10-24)35(22-25-11-7-12-26(33)19-25)31(37)13-8-16-36(43(3,39)40)27-14-15-29-30(21-27)42-18-17-41-29/h4-7,9-12,14-15,19,21,23,28H,8,13,16-18,20,22H2,1-3H3,(H,34,38)/t28-/m1/s1. The van der Waals surface area contributed by atoms with Crippen LogP contribution in [0.2, 0.25) is 0 Å². The number of hydrogen-bond acceptors (Lipinski definition) is 6. The first-order valence-electron chi connectivity index (χ1n) is 14.3. The lowest BCUT2D eigenvalue weighted by Gasteiger charge is -2.32. The summed E-state index contributed by atoms with van der Waals surface area (Å²) in [6.07, 6.45) is 1.77. The van der Waals surface area contributed by atoms with Crippen LogP contribution in [-0.4, -0.2) is 63.2 Å². The number of anilines is 1. The fourth-order valence-corrected chi connectivity index (χ4v) is 6.36. The molecule has 3 aromatic rings. The largest absolute Gasteiger partial charge is 0.486 e. The molecule has 2 amide bonds. The summed E-state index contributed by atoms with van der Waals surface area (Å²) < 4.78 is 38.9. The van der Waals surface area contributed by atoms with E-state index >= 15 is 0 Å². The molecule has 0 saturated carbocycles. The number of sulfonamides is 1. The molecule has 0 unspecified atom stereocenters. The van der Waals surface area contributed by atoms with Crippen LogP contribution in [0, 0.1) is 0 Å². The van der Waals surface area contributed by atoms with Gasteiger partial charge in [-0.05, 0) is 55.7 Å².